The molecule has 0 amide bonds. The molecule has 7 heteroatoms. The number of nitrogens with one attached hydrogen (secondary N) is 1. The summed E-state index contributed by atoms with van der Waals surface area (Å²) in [6, 6.07) is 9.34. The summed E-state index contributed by atoms with van der Waals surface area (Å²) < 4.78 is 1.60. The molecule has 1 aromatic carbocycles. The summed E-state index contributed by atoms with van der Waals surface area (Å²) in [7, 11) is 0. The number of aryl methyl sites for hydroxylation is 1. The van der Waals surface area contributed by atoms with E-state index in [0.717, 1.165) is 22.6 Å². The van der Waals surface area contributed by atoms with Gasteiger partial charge in [-0.1, -0.05) is 6.07 Å². The molecule has 0 aliphatic heterocycles. The van der Waals surface area contributed by atoms with E-state index in [0.29, 0.717) is 6.54 Å². The molecule has 0 unspecified atom stereocenters. The first-order valence-electron chi connectivity index (χ1n) is 6.44. The van der Waals surface area contributed by atoms with E-state index in [1.54, 1.807) is 23.1 Å². The molecule has 2 N–H and O–H groups in total. The minimum absolute atomic E-state index is 0.163. The van der Waals surface area contributed by atoms with Crippen molar-refractivity contribution in [2.75, 3.05) is 5.32 Å². The summed E-state index contributed by atoms with van der Waals surface area (Å²) in [6.07, 6.45) is 2.98. The van der Waals surface area contributed by atoms with Crippen LogP contribution in [0.4, 0.5) is 5.69 Å². The molecular weight excluding hydrogens is 268 g/mol. The molecule has 0 spiro atoms. The van der Waals surface area contributed by atoms with Gasteiger partial charge in [0.2, 0.25) is 0 Å². The van der Waals surface area contributed by atoms with Crippen molar-refractivity contribution in [2.24, 2.45) is 0 Å². The van der Waals surface area contributed by atoms with Gasteiger partial charge in [0.25, 0.3) is 0 Å². The zero-order valence-corrected chi connectivity index (χ0v) is 11.4. The number of rotatable bonds is 4. The van der Waals surface area contributed by atoms with Gasteiger partial charge in [-0.2, -0.15) is 0 Å². The molecule has 106 valence electrons. The van der Waals surface area contributed by atoms with Crippen LogP contribution in [0.5, 0.6) is 5.75 Å². The number of anilines is 1. The Labute approximate surface area is 121 Å². The van der Waals surface area contributed by atoms with E-state index in [9.17, 15) is 5.11 Å². The highest BCUT2D eigenvalue weighted by molar-refractivity contribution is 5.56. The Bertz CT molecular complexity index is 724. The Morgan fingerprint density at radius 1 is 1.24 bits per heavy atom. The van der Waals surface area contributed by atoms with E-state index in [1.165, 1.54) is 6.20 Å². The van der Waals surface area contributed by atoms with Crippen molar-refractivity contribution in [3.8, 4) is 11.4 Å². The van der Waals surface area contributed by atoms with Gasteiger partial charge in [-0.15, -0.1) is 5.10 Å². The van der Waals surface area contributed by atoms with Gasteiger partial charge in [0, 0.05) is 5.69 Å². The number of aromatic hydroxyl groups is 1. The largest absolute Gasteiger partial charge is 0.506 e. The van der Waals surface area contributed by atoms with Crippen molar-refractivity contribution < 1.29 is 5.11 Å². The molecule has 3 aromatic rings. The number of benzene rings is 1. The summed E-state index contributed by atoms with van der Waals surface area (Å²) in [5, 5.41) is 23.7. The van der Waals surface area contributed by atoms with Gasteiger partial charge >= 0.3 is 0 Å². The molecule has 7 nitrogen and oxygen atoms in total. The van der Waals surface area contributed by atoms with E-state index in [2.05, 4.69) is 25.8 Å². The lowest BCUT2D eigenvalue weighted by Crippen LogP contribution is -2.04. The van der Waals surface area contributed by atoms with E-state index in [-0.39, 0.29) is 5.75 Å². The average Bonchev–Trinajstić information content (AvgIpc) is 3.02. The van der Waals surface area contributed by atoms with Gasteiger partial charge < -0.3 is 10.4 Å². The fraction of sp³-hybridized carbons (Fsp3) is 0.143. The van der Waals surface area contributed by atoms with Gasteiger partial charge in [-0.25, -0.2) is 4.68 Å². The zero-order chi connectivity index (χ0) is 14.7. The molecule has 0 fully saturated rings. The highest BCUT2D eigenvalue weighted by Gasteiger charge is 2.04. The fourth-order valence-electron chi connectivity index (χ4n) is 1.93. The monoisotopic (exact) mass is 282 g/mol. The normalized spacial score (nSPS) is 10.5. The minimum Gasteiger partial charge on any atom is -0.506 e. The number of hydrogen-bond donors (Lipinski definition) is 2. The second kappa shape index (κ2) is 5.58. The molecule has 2 heterocycles. The maximum absolute atomic E-state index is 9.22. The van der Waals surface area contributed by atoms with E-state index < -0.39 is 0 Å². The number of nitrogens with zero attached hydrogens (tertiary/aromatic N) is 5. The van der Waals surface area contributed by atoms with E-state index in [1.807, 2.05) is 25.1 Å². The quantitative estimate of drug-likeness (QED) is 0.757. The Morgan fingerprint density at radius 2 is 2.14 bits per heavy atom. The van der Waals surface area contributed by atoms with Gasteiger partial charge in [-0.3, -0.25) is 4.98 Å². The lowest BCUT2D eigenvalue weighted by atomic mass is 10.1. The number of hydrogen-bond acceptors (Lipinski definition) is 6. The van der Waals surface area contributed by atoms with Crippen LogP contribution in [-0.2, 0) is 6.54 Å². The summed E-state index contributed by atoms with van der Waals surface area (Å²) in [5.41, 5.74) is 3.83. The first-order chi connectivity index (χ1) is 10.2. The summed E-state index contributed by atoms with van der Waals surface area (Å²) in [4.78, 5) is 4.15. The molecule has 0 aliphatic carbocycles. The van der Waals surface area contributed by atoms with Crippen LogP contribution in [0.3, 0.4) is 0 Å². The highest BCUT2D eigenvalue weighted by Crippen LogP contribution is 2.19. The van der Waals surface area contributed by atoms with E-state index >= 15 is 0 Å². The molecular formula is C14H14N6O. The third-order valence-corrected chi connectivity index (χ3v) is 3.10. The van der Waals surface area contributed by atoms with Crippen molar-refractivity contribution in [1.29, 1.82) is 0 Å². The molecule has 0 radical (unpaired) electrons. The highest BCUT2D eigenvalue weighted by atomic mass is 16.3. The lowest BCUT2D eigenvalue weighted by Gasteiger charge is -2.11. The van der Waals surface area contributed by atoms with Gasteiger partial charge in [0.15, 0.2) is 0 Å². The average molecular weight is 282 g/mol. The van der Waals surface area contributed by atoms with Crippen LogP contribution in [0, 0.1) is 6.92 Å². The van der Waals surface area contributed by atoms with Crippen LogP contribution in [0.15, 0.2) is 42.9 Å². The maximum atomic E-state index is 9.22. The third-order valence-electron chi connectivity index (χ3n) is 3.10. The zero-order valence-electron chi connectivity index (χ0n) is 11.4. The van der Waals surface area contributed by atoms with Gasteiger partial charge in [0.05, 0.1) is 24.1 Å². The van der Waals surface area contributed by atoms with Crippen LogP contribution < -0.4 is 5.32 Å². The van der Waals surface area contributed by atoms with Crippen molar-refractivity contribution in [2.45, 2.75) is 13.5 Å². The van der Waals surface area contributed by atoms with Gasteiger partial charge in [-0.05, 0) is 47.2 Å². The predicted octanol–water partition coefficient (Wildman–Crippen LogP) is 1.68. The molecule has 0 atom stereocenters. The Morgan fingerprint density at radius 3 is 2.86 bits per heavy atom. The van der Waals surface area contributed by atoms with Crippen molar-refractivity contribution in [1.82, 2.24) is 25.2 Å². The Hall–Kier alpha value is -2.96. The molecule has 0 saturated carbocycles. The summed E-state index contributed by atoms with van der Waals surface area (Å²) in [5.74, 6) is 0.163. The van der Waals surface area contributed by atoms with Crippen molar-refractivity contribution in [3.05, 3.63) is 54.1 Å². The van der Waals surface area contributed by atoms with Crippen LogP contribution in [0.1, 0.15) is 11.3 Å². The smallest absolute Gasteiger partial charge is 0.143 e. The Kier molecular flexibility index (Phi) is 3.46. The first-order valence-corrected chi connectivity index (χ1v) is 6.44. The minimum atomic E-state index is 0.163. The van der Waals surface area contributed by atoms with Crippen LogP contribution in [-0.4, -0.2) is 30.3 Å². The topological polar surface area (TPSA) is 88.8 Å². The number of pyridine rings is 1. The predicted molar refractivity (Wildman–Crippen MR) is 77.1 cm³/mol. The molecule has 21 heavy (non-hydrogen) atoms. The summed E-state index contributed by atoms with van der Waals surface area (Å²) in [6.45, 7) is 2.59. The molecule has 0 aliphatic rings. The summed E-state index contributed by atoms with van der Waals surface area (Å²) >= 11 is 0. The van der Waals surface area contributed by atoms with Crippen LogP contribution in [0.25, 0.3) is 5.69 Å². The van der Waals surface area contributed by atoms with Crippen molar-refractivity contribution in [3.63, 3.8) is 0 Å². The fourth-order valence-corrected chi connectivity index (χ4v) is 1.93. The van der Waals surface area contributed by atoms with Crippen LogP contribution in [0.2, 0.25) is 0 Å². The second-order valence-corrected chi connectivity index (χ2v) is 4.61. The maximum Gasteiger partial charge on any atom is 0.143 e. The molecule has 3 rings (SSSR count). The first kappa shape index (κ1) is 13.0. The third kappa shape index (κ3) is 2.97. The molecule has 0 bridgehead atoms. The lowest BCUT2D eigenvalue weighted by molar-refractivity contribution is 0.472. The van der Waals surface area contributed by atoms with Crippen LogP contribution >= 0.6 is 0 Å². The Balaban J connectivity index is 1.78. The number of tetrazole rings is 1. The van der Waals surface area contributed by atoms with Crippen molar-refractivity contribution >= 4 is 5.69 Å². The molecule has 0 saturated heterocycles. The standard InChI is InChI=1S/C14H14N6O/c1-10-2-4-12(20-9-17-18-19-20)6-14(10)16-7-11-3-5-13(21)8-15-11/h2-6,8-9,16,21H,7H2,1H3. The SMILES string of the molecule is Cc1ccc(-n2cnnn2)cc1NCc1ccc(O)cn1. The molecule has 2 aromatic heterocycles. The van der Waals surface area contributed by atoms with Gasteiger partial charge in [0.1, 0.15) is 12.1 Å². The van der Waals surface area contributed by atoms with E-state index in [4.69, 9.17) is 0 Å². The second-order valence-electron chi connectivity index (χ2n) is 4.61. The number of aromatic nitrogens is 5.